The van der Waals surface area contributed by atoms with Gasteiger partial charge < -0.3 is 14.5 Å². The topological polar surface area (TPSA) is 75.9 Å². The number of carbonyl (C=O) groups is 1. The summed E-state index contributed by atoms with van der Waals surface area (Å²) in [6, 6.07) is 18.3. The van der Waals surface area contributed by atoms with E-state index in [9.17, 15) is 4.79 Å². The molecule has 2 N–H and O–H groups in total. The summed E-state index contributed by atoms with van der Waals surface area (Å²) < 4.78 is 10.3. The van der Waals surface area contributed by atoms with Gasteiger partial charge in [0, 0.05) is 11.8 Å². The SMILES string of the molecule is Cc1ccc(NC(=S)N/N=C/c2ccc(OC(=O)/C=C/c3ccco3)cc2)cc1. The molecule has 0 unspecified atom stereocenters. The van der Waals surface area contributed by atoms with Crippen molar-refractivity contribution in [1.29, 1.82) is 0 Å². The van der Waals surface area contributed by atoms with Crippen molar-refractivity contribution in [1.82, 2.24) is 5.43 Å². The molecular formula is C22H19N3O3S. The molecule has 29 heavy (non-hydrogen) atoms. The molecule has 7 heteroatoms. The first-order valence-corrected chi connectivity index (χ1v) is 9.19. The van der Waals surface area contributed by atoms with Crippen LogP contribution < -0.4 is 15.5 Å². The Kier molecular flexibility index (Phi) is 6.91. The number of hydrogen-bond donors (Lipinski definition) is 2. The lowest BCUT2D eigenvalue weighted by Gasteiger charge is -2.07. The standard InChI is InChI=1S/C22H19N3O3S/c1-16-4-8-18(9-5-16)24-22(29)25-23-15-17-6-10-20(11-7-17)28-21(26)13-12-19-3-2-14-27-19/h2-15H,1H3,(H2,24,25,29)/b13-12+,23-15+. The van der Waals surface area contributed by atoms with E-state index in [2.05, 4.69) is 15.8 Å². The number of thiocarbonyl (C=S) groups is 1. The minimum atomic E-state index is -0.489. The van der Waals surface area contributed by atoms with Crippen LogP contribution >= 0.6 is 12.2 Å². The van der Waals surface area contributed by atoms with Crippen LogP contribution in [0.2, 0.25) is 0 Å². The summed E-state index contributed by atoms with van der Waals surface area (Å²) >= 11 is 5.20. The molecule has 0 aliphatic carbocycles. The zero-order chi connectivity index (χ0) is 20.5. The maximum Gasteiger partial charge on any atom is 0.336 e. The normalized spacial score (nSPS) is 10.9. The van der Waals surface area contributed by atoms with E-state index in [1.807, 2.05) is 31.2 Å². The van der Waals surface area contributed by atoms with Gasteiger partial charge in [-0.2, -0.15) is 5.10 Å². The second kappa shape index (κ2) is 10.0. The fraction of sp³-hybridized carbons (Fsp3) is 0.0455. The van der Waals surface area contributed by atoms with Crippen LogP contribution in [-0.4, -0.2) is 17.3 Å². The highest BCUT2D eigenvalue weighted by molar-refractivity contribution is 7.80. The lowest BCUT2D eigenvalue weighted by molar-refractivity contribution is -0.128. The van der Waals surface area contributed by atoms with Gasteiger partial charge in [0.25, 0.3) is 0 Å². The predicted octanol–water partition coefficient (Wildman–Crippen LogP) is 4.53. The van der Waals surface area contributed by atoms with Gasteiger partial charge in [-0.25, -0.2) is 4.79 Å². The van der Waals surface area contributed by atoms with Gasteiger partial charge in [0.05, 0.1) is 12.5 Å². The second-order valence-corrected chi connectivity index (χ2v) is 6.44. The third-order valence-electron chi connectivity index (χ3n) is 3.71. The Balaban J connectivity index is 1.46. The molecule has 0 spiro atoms. The van der Waals surface area contributed by atoms with Gasteiger partial charge in [-0.3, -0.25) is 5.43 Å². The first kappa shape index (κ1) is 20.0. The van der Waals surface area contributed by atoms with Crippen molar-refractivity contribution in [3.05, 3.63) is 89.9 Å². The Morgan fingerprint density at radius 3 is 2.55 bits per heavy atom. The first-order valence-electron chi connectivity index (χ1n) is 8.79. The van der Waals surface area contributed by atoms with Crippen molar-refractivity contribution in [3.8, 4) is 5.75 Å². The summed E-state index contributed by atoms with van der Waals surface area (Å²) in [7, 11) is 0. The Morgan fingerprint density at radius 2 is 1.86 bits per heavy atom. The first-order chi connectivity index (χ1) is 14.1. The van der Waals surface area contributed by atoms with E-state index in [0.717, 1.165) is 11.3 Å². The van der Waals surface area contributed by atoms with Crippen LogP contribution in [0.3, 0.4) is 0 Å². The maximum absolute atomic E-state index is 11.8. The van der Waals surface area contributed by atoms with Gasteiger partial charge in [-0.05, 0) is 79.3 Å². The van der Waals surface area contributed by atoms with Crippen molar-refractivity contribution in [2.45, 2.75) is 6.92 Å². The molecule has 0 saturated heterocycles. The second-order valence-electron chi connectivity index (χ2n) is 6.03. The zero-order valence-corrected chi connectivity index (χ0v) is 16.5. The van der Waals surface area contributed by atoms with E-state index in [0.29, 0.717) is 16.6 Å². The van der Waals surface area contributed by atoms with Gasteiger partial charge in [0.2, 0.25) is 0 Å². The predicted molar refractivity (Wildman–Crippen MR) is 118 cm³/mol. The van der Waals surface area contributed by atoms with Crippen LogP contribution in [0.4, 0.5) is 5.69 Å². The molecule has 0 aliphatic heterocycles. The number of nitrogens with one attached hydrogen (secondary N) is 2. The van der Waals surface area contributed by atoms with Crippen LogP contribution in [0.1, 0.15) is 16.9 Å². The van der Waals surface area contributed by atoms with E-state index in [1.54, 1.807) is 48.7 Å². The Hall–Kier alpha value is -3.71. The fourth-order valence-electron chi connectivity index (χ4n) is 2.27. The molecule has 0 bridgehead atoms. The van der Waals surface area contributed by atoms with Crippen LogP contribution in [0.25, 0.3) is 6.08 Å². The number of ether oxygens (including phenoxy) is 1. The summed E-state index contributed by atoms with van der Waals surface area (Å²) in [6.07, 6.45) is 6.00. The number of esters is 1. The number of carbonyl (C=O) groups excluding carboxylic acids is 1. The number of hydrazone groups is 1. The monoisotopic (exact) mass is 405 g/mol. The number of furan rings is 1. The van der Waals surface area contributed by atoms with Crippen molar-refractivity contribution in [2.75, 3.05) is 5.32 Å². The van der Waals surface area contributed by atoms with Crippen LogP contribution in [-0.2, 0) is 4.79 Å². The number of nitrogens with zero attached hydrogens (tertiary/aromatic N) is 1. The number of anilines is 1. The molecule has 1 aromatic heterocycles. The van der Waals surface area contributed by atoms with Gasteiger partial charge in [-0.15, -0.1) is 0 Å². The minimum Gasteiger partial charge on any atom is -0.465 e. The summed E-state index contributed by atoms with van der Waals surface area (Å²) in [6.45, 7) is 2.02. The van der Waals surface area contributed by atoms with Crippen molar-refractivity contribution >= 4 is 41.3 Å². The van der Waals surface area contributed by atoms with Gasteiger partial charge in [0.15, 0.2) is 5.11 Å². The largest absolute Gasteiger partial charge is 0.465 e. The van der Waals surface area contributed by atoms with Gasteiger partial charge in [0.1, 0.15) is 11.5 Å². The average Bonchev–Trinajstić information content (AvgIpc) is 3.23. The zero-order valence-electron chi connectivity index (χ0n) is 15.7. The van der Waals surface area contributed by atoms with E-state index < -0.39 is 5.97 Å². The lowest BCUT2D eigenvalue weighted by atomic mass is 10.2. The van der Waals surface area contributed by atoms with E-state index in [4.69, 9.17) is 21.4 Å². The molecule has 0 atom stereocenters. The average molecular weight is 405 g/mol. The smallest absolute Gasteiger partial charge is 0.336 e. The number of hydrogen-bond acceptors (Lipinski definition) is 5. The van der Waals surface area contributed by atoms with Crippen LogP contribution in [0.15, 0.2) is 82.5 Å². The van der Waals surface area contributed by atoms with Gasteiger partial charge >= 0.3 is 5.97 Å². The highest BCUT2D eigenvalue weighted by atomic mass is 32.1. The molecule has 0 saturated carbocycles. The van der Waals surface area contributed by atoms with E-state index in [-0.39, 0.29) is 0 Å². The number of rotatable bonds is 6. The molecule has 146 valence electrons. The number of aryl methyl sites for hydroxylation is 1. The molecule has 0 aliphatic rings. The van der Waals surface area contributed by atoms with Crippen molar-refractivity contribution in [2.24, 2.45) is 5.10 Å². The number of benzene rings is 2. The van der Waals surface area contributed by atoms with Crippen molar-refractivity contribution < 1.29 is 13.9 Å². The van der Waals surface area contributed by atoms with Crippen LogP contribution in [0.5, 0.6) is 5.75 Å². The summed E-state index contributed by atoms with van der Waals surface area (Å²) in [4.78, 5) is 11.8. The van der Waals surface area contributed by atoms with E-state index >= 15 is 0 Å². The highest BCUT2D eigenvalue weighted by Gasteiger charge is 2.01. The Bertz CT molecular complexity index is 1010. The molecule has 2 aromatic carbocycles. The summed E-state index contributed by atoms with van der Waals surface area (Å²) in [5.74, 6) is 0.522. The van der Waals surface area contributed by atoms with Crippen LogP contribution in [0, 0.1) is 6.92 Å². The molecule has 0 fully saturated rings. The molecule has 1 heterocycles. The fourth-order valence-corrected chi connectivity index (χ4v) is 2.44. The van der Waals surface area contributed by atoms with Gasteiger partial charge in [-0.1, -0.05) is 17.7 Å². The third-order valence-corrected chi connectivity index (χ3v) is 3.91. The molecular weight excluding hydrogens is 386 g/mol. The van der Waals surface area contributed by atoms with Crippen molar-refractivity contribution in [3.63, 3.8) is 0 Å². The summed E-state index contributed by atoms with van der Waals surface area (Å²) in [5, 5.41) is 7.53. The summed E-state index contributed by atoms with van der Waals surface area (Å²) in [5.41, 5.74) is 5.64. The molecule has 6 nitrogen and oxygen atoms in total. The Morgan fingerprint density at radius 1 is 1.10 bits per heavy atom. The quantitative estimate of drug-likeness (QED) is 0.157. The highest BCUT2D eigenvalue weighted by Crippen LogP contribution is 2.12. The molecule has 0 radical (unpaired) electrons. The molecule has 3 aromatic rings. The maximum atomic E-state index is 11.8. The third kappa shape index (κ3) is 6.75. The minimum absolute atomic E-state index is 0.388. The Labute approximate surface area is 173 Å². The van der Waals surface area contributed by atoms with E-state index in [1.165, 1.54) is 17.9 Å². The molecule has 0 amide bonds. The lowest BCUT2D eigenvalue weighted by Crippen LogP contribution is -2.23. The molecule has 3 rings (SSSR count).